The van der Waals surface area contributed by atoms with Crippen molar-refractivity contribution in [3.8, 4) is 0 Å². The highest BCUT2D eigenvalue weighted by Gasteiger charge is 2.60. The first-order chi connectivity index (χ1) is 34.5. The molecule has 15 nitrogen and oxygen atoms in total. The van der Waals surface area contributed by atoms with Crippen molar-refractivity contribution < 1.29 is 71.0 Å². The molecule has 0 N–H and O–H groups in total. The average Bonchev–Trinajstić information content (AvgIpc) is 3.72. The summed E-state index contributed by atoms with van der Waals surface area (Å²) in [7, 11) is -2.43. The van der Waals surface area contributed by atoms with Crippen LogP contribution in [0.3, 0.4) is 0 Å². The number of rotatable bonds is 17. The molecular weight excluding hydrogens is 941 g/mol. The van der Waals surface area contributed by atoms with Gasteiger partial charge in [-0.15, -0.1) is 0 Å². The third-order valence-corrected chi connectivity index (χ3v) is 17.6. The normalized spacial score (nSPS) is 25.9. The average molecular weight is 1000 g/mol. The summed E-state index contributed by atoms with van der Waals surface area (Å²) < 4.78 is 72.2. The van der Waals surface area contributed by atoms with Gasteiger partial charge in [0.15, 0.2) is 45.0 Å². The van der Waals surface area contributed by atoms with Gasteiger partial charge in [0.05, 0.1) is 35.5 Å². The van der Waals surface area contributed by atoms with Gasteiger partial charge in [-0.05, 0) is 86.1 Å². The van der Waals surface area contributed by atoms with Crippen molar-refractivity contribution in [1.82, 2.24) is 0 Å². The highest BCUT2D eigenvalue weighted by Crippen LogP contribution is 2.43. The maximum Gasteiger partial charge on any atom is 0.338 e. The minimum atomic E-state index is -2.43. The van der Waals surface area contributed by atoms with Crippen LogP contribution in [-0.2, 0) is 58.4 Å². The Balaban J connectivity index is 1.24. The lowest BCUT2D eigenvalue weighted by molar-refractivity contribution is -0.352. The maximum atomic E-state index is 14.5. The van der Waals surface area contributed by atoms with Gasteiger partial charge in [0, 0.05) is 0 Å². The Morgan fingerprint density at radius 1 is 0.514 bits per heavy atom. The Hall–Kier alpha value is -6.08. The predicted octanol–water partition coefficient (Wildman–Crippen LogP) is 9.11. The van der Waals surface area contributed by atoms with Gasteiger partial charge in [0.25, 0.3) is 0 Å². The van der Waals surface area contributed by atoms with E-state index in [0.29, 0.717) is 0 Å². The van der Waals surface area contributed by atoms with E-state index in [1.165, 1.54) is 0 Å². The summed E-state index contributed by atoms with van der Waals surface area (Å²) in [5, 5.41) is -0.179. The molecule has 3 aliphatic rings. The minimum Gasteiger partial charge on any atom is -0.459 e. The van der Waals surface area contributed by atoms with Crippen molar-refractivity contribution in [2.45, 2.75) is 127 Å². The highest BCUT2D eigenvalue weighted by atomic mass is 28.4. The smallest absolute Gasteiger partial charge is 0.338 e. The molecule has 5 aromatic carbocycles. The zero-order valence-corrected chi connectivity index (χ0v) is 42.5. The van der Waals surface area contributed by atoms with Crippen molar-refractivity contribution in [2.24, 2.45) is 0 Å². The molecule has 0 spiro atoms. The van der Waals surface area contributed by atoms with Crippen LogP contribution in [0.25, 0.3) is 0 Å². The maximum absolute atomic E-state index is 14.5. The van der Waals surface area contributed by atoms with E-state index in [-0.39, 0.29) is 40.5 Å². The monoisotopic (exact) mass is 1000 g/mol. The Kier molecular flexibility index (Phi) is 16.5. The van der Waals surface area contributed by atoms with E-state index in [4.69, 9.17) is 51.8 Å². The van der Waals surface area contributed by atoms with Crippen molar-refractivity contribution in [1.29, 1.82) is 0 Å². The second kappa shape index (κ2) is 22.8. The molecule has 16 heteroatoms. The van der Waals surface area contributed by atoms with E-state index >= 15 is 0 Å². The third kappa shape index (κ3) is 12.7. The highest BCUT2D eigenvalue weighted by molar-refractivity contribution is 6.74. The molecule has 0 bridgehead atoms. The molecule has 8 rings (SSSR count). The van der Waals surface area contributed by atoms with Gasteiger partial charge < -0.3 is 51.8 Å². The van der Waals surface area contributed by atoms with E-state index in [1.807, 2.05) is 30.3 Å². The molecule has 3 fully saturated rings. The van der Waals surface area contributed by atoms with E-state index in [2.05, 4.69) is 33.9 Å². The van der Waals surface area contributed by atoms with Crippen molar-refractivity contribution >= 4 is 32.2 Å². The number of esters is 4. The first-order valence-electron chi connectivity index (χ1n) is 24.1. The Bertz CT molecular complexity index is 2580. The minimum absolute atomic E-state index is 0.0364. The molecule has 0 radical (unpaired) electrons. The van der Waals surface area contributed by atoms with E-state index in [1.54, 1.807) is 135 Å². The number of fused-ring (bicyclic) bond motifs is 1. The number of ether oxygens (including phenoxy) is 10. The number of carbonyl (C=O) groups is 4. The van der Waals surface area contributed by atoms with E-state index in [9.17, 15) is 19.2 Å². The van der Waals surface area contributed by atoms with Crippen LogP contribution in [0.4, 0.5) is 0 Å². The lowest BCUT2D eigenvalue weighted by atomic mass is 9.96. The zero-order chi connectivity index (χ0) is 51.0. The molecule has 0 aromatic heterocycles. The summed E-state index contributed by atoms with van der Waals surface area (Å²) in [6.45, 7) is 13.6. The van der Waals surface area contributed by atoms with E-state index < -0.39 is 106 Å². The zero-order valence-electron chi connectivity index (χ0n) is 41.5. The summed E-state index contributed by atoms with van der Waals surface area (Å²) in [6.07, 6.45) is -13.1. The molecule has 3 aliphatic heterocycles. The molecule has 72 heavy (non-hydrogen) atoms. The van der Waals surface area contributed by atoms with Crippen LogP contribution < -0.4 is 0 Å². The van der Waals surface area contributed by atoms with E-state index in [0.717, 1.165) is 5.56 Å². The fourth-order valence-electron chi connectivity index (χ4n) is 8.31. The molecule has 0 unspecified atom stereocenters. The summed E-state index contributed by atoms with van der Waals surface area (Å²) in [4.78, 5) is 56.6. The SMILES string of the molecule is CC1(C)O[C@H]2[C@@H](O1)[C@@H](CO[Si](C)(C)C(C)(C)C)O[C@@H](O[C@H]1[C@H](OC(=O)c3ccccc3)[C@@H](OC(=O)c3ccccc3)[C@H](OCc3ccccc3)O[C@@H]1COC(=O)c1ccccc1)[C@@H]2OC(=O)c1ccccc1. The molecule has 10 atom stereocenters. The standard InChI is InChI=1S/C56H62O15Si/c1-55(2,3)72(6,7)63-35-42-44-46(71-56(4,5)70-44)48(68-52(60)40-31-21-12-22-32-40)54(65-42)69-43-41(34-61-49(57)37-25-15-9-16-26-37)64-53(62-33-36-23-13-8-14-24-36)47(67-51(59)39-29-19-11-20-30-39)45(43)66-50(58)38-27-17-10-18-28-38/h8-32,41-48,53-54H,33-35H2,1-7H3/t41-,42-,43-,44+,45+,46+,47-,48-,53-,54+/m1/s1. The molecule has 380 valence electrons. The number of carbonyl (C=O) groups excluding carboxylic acids is 4. The molecule has 0 amide bonds. The Labute approximate surface area is 421 Å². The first-order valence-corrected chi connectivity index (χ1v) is 27.0. The number of benzene rings is 5. The van der Waals surface area contributed by atoms with Crippen molar-refractivity contribution in [3.05, 3.63) is 179 Å². The molecule has 0 saturated carbocycles. The van der Waals surface area contributed by atoms with Gasteiger partial charge in [0.2, 0.25) is 0 Å². The largest absolute Gasteiger partial charge is 0.459 e. The first kappa shape index (κ1) is 52.2. The molecule has 3 heterocycles. The van der Waals surface area contributed by atoms with Crippen LogP contribution >= 0.6 is 0 Å². The fourth-order valence-corrected chi connectivity index (χ4v) is 9.32. The van der Waals surface area contributed by atoms with Crippen molar-refractivity contribution in [3.63, 3.8) is 0 Å². The summed E-state index contributed by atoms with van der Waals surface area (Å²) in [6, 6.07) is 42.5. The lowest BCUT2D eigenvalue weighted by Gasteiger charge is -2.48. The summed E-state index contributed by atoms with van der Waals surface area (Å²) in [5.41, 5.74) is 1.59. The van der Waals surface area contributed by atoms with Gasteiger partial charge >= 0.3 is 23.9 Å². The molecular formula is C56H62O15Si. The predicted molar refractivity (Wildman–Crippen MR) is 264 cm³/mol. The fraction of sp³-hybridized carbons (Fsp3) is 0.393. The second-order valence-electron chi connectivity index (χ2n) is 19.8. The van der Waals surface area contributed by atoms with Gasteiger partial charge in [-0.2, -0.15) is 0 Å². The molecule has 5 aromatic rings. The quantitative estimate of drug-likeness (QED) is 0.0491. The Morgan fingerprint density at radius 3 is 1.44 bits per heavy atom. The molecule has 0 aliphatic carbocycles. The Morgan fingerprint density at radius 2 is 0.944 bits per heavy atom. The lowest BCUT2D eigenvalue weighted by Crippen LogP contribution is -2.66. The number of hydrogen-bond acceptors (Lipinski definition) is 15. The van der Waals surface area contributed by atoms with Crippen LogP contribution in [0.15, 0.2) is 152 Å². The summed E-state index contributed by atoms with van der Waals surface area (Å²) >= 11 is 0. The van der Waals surface area contributed by atoms with Gasteiger partial charge in [-0.1, -0.05) is 124 Å². The number of hydrogen-bond donors (Lipinski definition) is 0. The third-order valence-electron chi connectivity index (χ3n) is 13.1. The van der Waals surface area contributed by atoms with Crippen LogP contribution in [0.1, 0.15) is 81.6 Å². The van der Waals surface area contributed by atoms with Gasteiger partial charge in [-0.25, -0.2) is 19.2 Å². The van der Waals surface area contributed by atoms with Crippen LogP contribution in [0, 0.1) is 0 Å². The van der Waals surface area contributed by atoms with Crippen LogP contribution in [0.2, 0.25) is 18.1 Å². The van der Waals surface area contributed by atoms with Gasteiger partial charge in [-0.3, -0.25) is 0 Å². The topological polar surface area (TPSA) is 170 Å². The molecule has 3 saturated heterocycles. The van der Waals surface area contributed by atoms with Crippen LogP contribution in [0.5, 0.6) is 0 Å². The second-order valence-corrected chi connectivity index (χ2v) is 24.6. The van der Waals surface area contributed by atoms with Crippen LogP contribution in [-0.4, -0.2) is 113 Å². The summed E-state index contributed by atoms with van der Waals surface area (Å²) in [5.74, 6) is -4.20. The van der Waals surface area contributed by atoms with Gasteiger partial charge in [0.1, 0.15) is 37.1 Å². The van der Waals surface area contributed by atoms with Crippen molar-refractivity contribution in [2.75, 3.05) is 13.2 Å².